The molecule has 0 saturated carbocycles. The van der Waals surface area contributed by atoms with E-state index in [9.17, 15) is 4.79 Å². The second-order valence-electron chi connectivity index (χ2n) is 5.47. The summed E-state index contributed by atoms with van der Waals surface area (Å²) in [6.07, 6.45) is 0. The predicted octanol–water partition coefficient (Wildman–Crippen LogP) is 2.48. The van der Waals surface area contributed by atoms with Crippen LogP contribution in [0.1, 0.15) is 16.2 Å². The van der Waals surface area contributed by atoms with Crippen LogP contribution in [0.3, 0.4) is 0 Å². The van der Waals surface area contributed by atoms with Crippen molar-refractivity contribution in [3.63, 3.8) is 0 Å². The number of tetrazole rings is 1. The van der Waals surface area contributed by atoms with Crippen molar-refractivity contribution in [3.05, 3.63) is 60.0 Å². The van der Waals surface area contributed by atoms with Crippen LogP contribution in [-0.2, 0) is 0 Å². The number of aromatic amines is 1. The van der Waals surface area contributed by atoms with Crippen molar-refractivity contribution in [2.24, 2.45) is 0 Å². The summed E-state index contributed by atoms with van der Waals surface area (Å²) in [6, 6.07) is 14.1. The lowest BCUT2D eigenvalue weighted by atomic mass is 10.1. The van der Waals surface area contributed by atoms with E-state index in [0.717, 1.165) is 11.1 Å². The van der Waals surface area contributed by atoms with Gasteiger partial charge in [-0.2, -0.15) is 5.21 Å². The molecule has 4 aromatic rings. The molecule has 0 aliphatic rings. The molecule has 26 heavy (non-hydrogen) atoms. The van der Waals surface area contributed by atoms with Gasteiger partial charge >= 0.3 is 0 Å². The molecule has 2 N–H and O–H groups in total. The van der Waals surface area contributed by atoms with Gasteiger partial charge in [-0.1, -0.05) is 12.1 Å². The van der Waals surface area contributed by atoms with Gasteiger partial charge in [0.2, 0.25) is 17.6 Å². The maximum absolute atomic E-state index is 12.5. The number of rotatable bonds is 4. The summed E-state index contributed by atoms with van der Waals surface area (Å²) in [5, 5.41) is 24.4. The molecule has 0 aliphatic carbocycles. The Morgan fingerprint density at radius 1 is 1.04 bits per heavy atom. The molecule has 0 fully saturated rings. The van der Waals surface area contributed by atoms with E-state index in [-0.39, 0.29) is 5.91 Å². The average Bonchev–Trinajstić information content (AvgIpc) is 3.34. The lowest BCUT2D eigenvalue weighted by molar-refractivity contribution is 0.102. The van der Waals surface area contributed by atoms with E-state index in [1.54, 1.807) is 43.3 Å². The first-order valence-corrected chi connectivity index (χ1v) is 7.75. The van der Waals surface area contributed by atoms with Crippen LogP contribution in [0.15, 0.2) is 52.9 Å². The molecule has 4 rings (SSSR count). The fraction of sp³-hybridized carbons (Fsp3) is 0.0588. The lowest BCUT2D eigenvalue weighted by Crippen LogP contribution is -2.11. The maximum atomic E-state index is 12.5. The molecule has 1 amide bonds. The summed E-state index contributed by atoms with van der Waals surface area (Å²) < 4.78 is 5.37. The zero-order valence-electron chi connectivity index (χ0n) is 13.7. The van der Waals surface area contributed by atoms with Crippen molar-refractivity contribution < 1.29 is 9.21 Å². The van der Waals surface area contributed by atoms with E-state index in [2.05, 4.69) is 36.1 Å². The minimum absolute atomic E-state index is 0.233. The molecule has 128 valence electrons. The number of benzene rings is 2. The monoisotopic (exact) mass is 347 g/mol. The Balaban J connectivity index is 1.51. The number of carbonyl (C=O) groups is 1. The van der Waals surface area contributed by atoms with Gasteiger partial charge in [0.25, 0.3) is 5.91 Å². The fourth-order valence-electron chi connectivity index (χ4n) is 2.40. The zero-order valence-corrected chi connectivity index (χ0v) is 13.7. The van der Waals surface area contributed by atoms with Crippen LogP contribution in [0.25, 0.3) is 22.8 Å². The molecule has 0 saturated heterocycles. The Bertz CT molecular complexity index is 1040. The molecule has 9 heteroatoms. The summed E-state index contributed by atoms with van der Waals surface area (Å²) in [4.78, 5) is 12.5. The number of aromatic nitrogens is 6. The van der Waals surface area contributed by atoms with Gasteiger partial charge in [-0.3, -0.25) is 4.79 Å². The van der Waals surface area contributed by atoms with Gasteiger partial charge in [0.15, 0.2) is 0 Å². The van der Waals surface area contributed by atoms with Gasteiger partial charge in [0.05, 0.1) is 0 Å². The zero-order chi connectivity index (χ0) is 17.9. The van der Waals surface area contributed by atoms with Gasteiger partial charge in [-0.05, 0) is 41.6 Å². The van der Waals surface area contributed by atoms with E-state index >= 15 is 0 Å². The topological polar surface area (TPSA) is 122 Å². The minimum Gasteiger partial charge on any atom is -0.421 e. The molecule has 0 bridgehead atoms. The maximum Gasteiger partial charge on any atom is 0.255 e. The van der Waals surface area contributed by atoms with Gasteiger partial charge in [-0.15, -0.1) is 20.4 Å². The Hall–Kier alpha value is -3.88. The van der Waals surface area contributed by atoms with E-state index in [4.69, 9.17) is 4.42 Å². The van der Waals surface area contributed by atoms with E-state index in [1.165, 1.54) is 0 Å². The molecular weight excluding hydrogens is 334 g/mol. The highest BCUT2D eigenvalue weighted by atomic mass is 16.4. The molecule has 0 aliphatic heterocycles. The minimum atomic E-state index is -0.233. The summed E-state index contributed by atoms with van der Waals surface area (Å²) in [5.74, 6) is 1.13. The summed E-state index contributed by atoms with van der Waals surface area (Å²) in [5.41, 5.74) is 2.64. The van der Waals surface area contributed by atoms with Gasteiger partial charge in [-0.25, -0.2) is 0 Å². The molecule has 0 spiro atoms. The number of hydrogen-bond donors (Lipinski definition) is 2. The van der Waals surface area contributed by atoms with Gasteiger partial charge < -0.3 is 9.73 Å². The Morgan fingerprint density at radius 3 is 2.58 bits per heavy atom. The number of H-pyrrole nitrogens is 1. The van der Waals surface area contributed by atoms with Gasteiger partial charge in [0.1, 0.15) is 0 Å². The number of carbonyl (C=O) groups excluding carboxylic acids is 1. The van der Waals surface area contributed by atoms with Crippen molar-refractivity contribution in [2.75, 3.05) is 5.32 Å². The summed E-state index contributed by atoms with van der Waals surface area (Å²) in [6.45, 7) is 1.72. The summed E-state index contributed by atoms with van der Waals surface area (Å²) >= 11 is 0. The number of nitrogens with one attached hydrogen (secondary N) is 2. The van der Waals surface area contributed by atoms with Crippen LogP contribution in [-0.4, -0.2) is 36.7 Å². The van der Waals surface area contributed by atoms with Crippen LogP contribution in [0, 0.1) is 6.92 Å². The number of aryl methyl sites for hydroxylation is 1. The smallest absolute Gasteiger partial charge is 0.255 e. The lowest BCUT2D eigenvalue weighted by Gasteiger charge is -2.06. The molecule has 0 unspecified atom stereocenters. The number of nitrogens with zero attached hydrogens (tertiary/aromatic N) is 5. The Morgan fingerprint density at radius 2 is 1.88 bits per heavy atom. The first-order chi connectivity index (χ1) is 12.7. The number of amides is 1. The molecule has 2 aromatic heterocycles. The molecule has 2 aromatic carbocycles. The summed E-state index contributed by atoms with van der Waals surface area (Å²) in [7, 11) is 0. The Labute approximate surface area is 147 Å². The predicted molar refractivity (Wildman–Crippen MR) is 92.0 cm³/mol. The van der Waals surface area contributed by atoms with E-state index < -0.39 is 0 Å². The largest absolute Gasteiger partial charge is 0.421 e. The second kappa shape index (κ2) is 6.55. The first kappa shape index (κ1) is 15.6. The average molecular weight is 347 g/mol. The van der Waals surface area contributed by atoms with Gasteiger partial charge in [0, 0.05) is 29.3 Å². The van der Waals surface area contributed by atoms with Crippen LogP contribution in [0.4, 0.5) is 5.69 Å². The molecule has 2 heterocycles. The second-order valence-corrected chi connectivity index (χ2v) is 5.47. The highest BCUT2D eigenvalue weighted by Crippen LogP contribution is 2.21. The van der Waals surface area contributed by atoms with Crippen LogP contribution in [0.5, 0.6) is 0 Å². The SMILES string of the molecule is Cc1nnc(-c2ccc(C(=O)Nc3cccc(-c4nn[nH]n4)c3)cc2)o1. The van der Waals surface area contributed by atoms with Crippen LogP contribution in [0.2, 0.25) is 0 Å². The highest BCUT2D eigenvalue weighted by molar-refractivity contribution is 6.04. The van der Waals surface area contributed by atoms with Crippen molar-refractivity contribution in [1.29, 1.82) is 0 Å². The van der Waals surface area contributed by atoms with E-state index in [0.29, 0.717) is 28.9 Å². The standard InChI is InChI=1S/C17H13N7O2/c1-10-19-22-17(26-10)12-7-5-11(6-8-12)16(25)18-14-4-2-3-13(9-14)15-20-23-24-21-15/h2-9H,1H3,(H,18,25)(H,20,21,23,24). The Kier molecular flexibility index (Phi) is 3.94. The van der Waals surface area contributed by atoms with Crippen LogP contribution < -0.4 is 5.32 Å². The normalized spacial score (nSPS) is 10.7. The van der Waals surface area contributed by atoms with Crippen molar-refractivity contribution in [3.8, 4) is 22.8 Å². The van der Waals surface area contributed by atoms with Crippen LogP contribution >= 0.6 is 0 Å². The highest BCUT2D eigenvalue weighted by Gasteiger charge is 2.10. The third-order valence-electron chi connectivity index (χ3n) is 3.64. The quantitative estimate of drug-likeness (QED) is 0.581. The number of hydrogen-bond acceptors (Lipinski definition) is 7. The number of anilines is 1. The van der Waals surface area contributed by atoms with Crippen molar-refractivity contribution in [1.82, 2.24) is 30.8 Å². The third-order valence-corrected chi connectivity index (χ3v) is 3.64. The van der Waals surface area contributed by atoms with Crippen molar-refractivity contribution in [2.45, 2.75) is 6.92 Å². The fourth-order valence-corrected chi connectivity index (χ4v) is 2.40. The molecular formula is C17H13N7O2. The van der Waals surface area contributed by atoms with Crippen molar-refractivity contribution >= 4 is 11.6 Å². The third kappa shape index (κ3) is 3.18. The molecule has 9 nitrogen and oxygen atoms in total. The molecule has 0 atom stereocenters. The molecule has 0 radical (unpaired) electrons. The first-order valence-electron chi connectivity index (χ1n) is 7.75. The van der Waals surface area contributed by atoms with E-state index in [1.807, 2.05) is 12.1 Å².